The maximum Gasteiger partial charge on any atom is 0.328 e. The largest absolute Gasteiger partial charge is 0.481 e. The van der Waals surface area contributed by atoms with E-state index in [0.29, 0.717) is 5.56 Å². The molecule has 0 aliphatic carbocycles. The molecule has 1 aromatic carbocycles. The van der Waals surface area contributed by atoms with Crippen molar-refractivity contribution < 1.29 is 28.3 Å². The topological polar surface area (TPSA) is 123 Å². The molecular weight excluding hydrogens is 298 g/mol. The predicted octanol–water partition coefficient (Wildman–Crippen LogP) is 0.132. The number of benzene rings is 1. The number of alkyl halides is 2. The molecule has 5 N–H and O–H groups in total. The maximum atomic E-state index is 13.9. The van der Waals surface area contributed by atoms with Crippen molar-refractivity contribution in [3.63, 3.8) is 0 Å². The number of ketones is 2. The van der Waals surface area contributed by atoms with Gasteiger partial charge in [0.25, 0.3) is 0 Å². The molecule has 0 bridgehead atoms. The van der Waals surface area contributed by atoms with Crippen molar-refractivity contribution in [2.75, 3.05) is 0 Å². The number of carboxylic acid groups (broad SMARTS) is 1. The lowest BCUT2D eigenvalue weighted by Crippen LogP contribution is -2.57. The van der Waals surface area contributed by atoms with Gasteiger partial charge in [-0.25, -0.2) is 0 Å². The van der Waals surface area contributed by atoms with E-state index in [2.05, 4.69) is 0 Å². The number of Topliss-reactive ketones (excluding diaryl/α,β-unsaturated/α-hetero) is 2. The van der Waals surface area contributed by atoms with Gasteiger partial charge in [-0.1, -0.05) is 30.3 Å². The zero-order valence-corrected chi connectivity index (χ0v) is 11.5. The van der Waals surface area contributed by atoms with Crippen molar-refractivity contribution in [3.05, 3.63) is 35.9 Å². The van der Waals surface area contributed by atoms with Crippen LogP contribution in [0.4, 0.5) is 8.78 Å². The van der Waals surface area contributed by atoms with E-state index in [1.807, 2.05) is 0 Å². The molecule has 1 aromatic rings. The minimum atomic E-state index is -4.22. The van der Waals surface area contributed by atoms with E-state index in [1.54, 1.807) is 30.3 Å². The Hall–Kier alpha value is -2.19. The minimum absolute atomic E-state index is 0.144. The highest BCUT2D eigenvalue weighted by molar-refractivity contribution is 6.03. The molecule has 120 valence electrons. The summed E-state index contributed by atoms with van der Waals surface area (Å²) in [5.41, 5.74) is 11.1. The van der Waals surface area contributed by atoms with E-state index < -0.39 is 42.0 Å². The van der Waals surface area contributed by atoms with Crippen LogP contribution in [0.25, 0.3) is 0 Å². The molecule has 0 radical (unpaired) electrons. The number of carboxylic acids is 1. The molecule has 0 aliphatic heterocycles. The Morgan fingerprint density at radius 3 is 2.18 bits per heavy atom. The van der Waals surface area contributed by atoms with Crippen LogP contribution < -0.4 is 11.5 Å². The van der Waals surface area contributed by atoms with Crippen LogP contribution in [0.1, 0.15) is 12.0 Å². The van der Waals surface area contributed by atoms with Gasteiger partial charge in [0, 0.05) is 0 Å². The van der Waals surface area contributed by atoms with Crippen molar-refractivity contribution in [2.45, 2.75) is 30.8 Å². The highest BCUT2D eigenvalue weighted by Gasteiger charge is 2.50. The van der Waals surface area contributed by atoms with Crippen molar-refractivity contribution in [1.29, 1.82) is 0 Å². The predicted molar refractivity (Wildman–Crippen MR) is 73.3 cm³/mol. The SMILES string of the molecule is NC(Cc1ccccc1)C(=O)C(F)(F)C(N)C(=O)CC(=O)O. The number of hydrogen-bond donors (Lipinski definition) is 3. The van der Waals surface area contributed by atoms with E-state index in [4.69, 9.17) is 16.6 Å². The fourth-order valence-corrected chi connectivity index (χ4v) is 1.82. The first-order valence-corrected chi connectivity index (χ1v) is 6.38. The normalized spacial score (nSPS) is 14.2. The minimum Gasteiger partial charge on any atom is -0.481 e. The molecule has 0 spiro atoms. The molecule has 22 heavy (non-hydrogen) atoms. The summed E-state index contributed by atoms with van der Waals surface area (Å²) in [5, 5.41) is 8.41. The molecule has 2 atom stereocenters. The molecule has 0 saturated carbocycles. The highest BCUT2D eigenvalue weighted by Crippen LogP contribution is 2.22. The van der Waals surface area contributed by atoms with Crippen molar-refractivity contribution in [3.8, 4) is 0 Å². The van der Waals surface area contributed by atoms with Crippen LogP contribution in [-0.2, 0) is 20.8 Å². The Bertz CT molecular complexity index is 563. The van der Waals surface area contributed by atoms with Gasteiger partial charge in [0.05, 0.1) is 6.04 Å². The Morgan fingerprint density at radius 2 is 1.68 bits per heavy atom. The lowest BCUT2D eigenvalue weighted by atomic mass is 9.93. The van der Waals surface area contributed by atoms with E-state index in [-0.39, 0.29) is 6.42 Å². The first kappa shape index (κ1) is 17.9. The molecule has 0 saturated heterocycles. The lowest BCUT2D eigenvalue weighted by molar-refractivity contribution is -0.154. The number of halogens is 2. The second kappa shape index (κ2) is 7.19. The molecule has 8 heteroatoms. The third-order valence-corrected chi connectivity index (χ3v) is 3.03. The standard InChI is InChI=1S/C14H16F2N2O4/c15-14(16,12(18)10(19)7-11(20)21)13(22)9(17)6-8-4-2-1-3-5-8/h1-5,9,12H,6-7,17-18H2,(H,20,21). The third kappa shape index (κ3) is 4.40. The average Bonchev–Trinajstić information content (AvgIpc) is 2.45. The maximum absolute atomic E-state index is 13.9. The molecule has 1 rings (SSSR count). The Morgan fingerprint density at radius 1 is 1.14 bits per heavy atom. The summed E-state index contributed by atoms with van der Waals surface area (Å²) >= 11 is 0. The summed E-state index contributed by atoms with van der Waals surface area (Å²) in [6, 6.07) is 4.17. The Kier molecular flexibility index (Phi) is 5.84. The number of carbonyl (C=O) groups excluding carboxylic acids is 2. The second-order valence-electron chi connectivity index (χ2n) is 4.80. The van der Waals surface area contributed by atoms with Crippen LogP contribution in [0.2, 0.25) is 0 Å². The van der Waals surface area contributed by atoms with Crippen LogP contribution in [-0.4, -0.2) is 40.6 Å². The van der Waals surface area contributed by atoms with Crippen LogP contribution in [0.3, 0.4) is 0 Å². The van der Waals surface area contributed by atoms with Gasteiger partial charge in [0.1, 0.15) is 12.5 Å². The number of nitrogens with two attached hydrogens (primary N) is 2. The molecule has 0 heterocycles. The molecule has 6 nitrogen and oxygen atoms in total. The van der Waals surface area contributed by atoms with Gasteiger partial charge in [-0.15, -0.1) is 0 Å². The van der Waals surface area contributed by atoms with Gasteiger partial charge >= 0.3 is 11.9 Å². The zero-order valence-electron chi connectivity index (χ0n) is 11.5. The average molecular weight is 314 g/mol. The van der Waals surface area contributed by atoms with Gasteiger partial charge in [-0.2, -0.15) is 8.78 Å². The van der Waals surface area contributed by atoms with E-state index >= 15 is 0 Å². The fraction of sp³-hybridized carbons (Fsp3) is 0.357. The summed E-state index contributed by atoms with van der Waals surface area (Å²) in [7, 11) is 0. The van der Waals surface area contributed by atoms with Crippen LogP contribution in [0.15, 0.2) is 30.3 Å². The molecule has 0 aliphatic rings. The first-order valence-electron chi connectivity index (χ1n) is 6.38. The first-order chi connectivity index (χ1) is 10.2. The van der Waals surface area contributed by atoms with Crippen LogP contribution in [0, 0.1) is 0 Å². The molecule has 0 fully saturated rings. The van der Waals surface area contributed by atoms with Gasteiger partial charge < -0.3 is 16.6 Å². The third-order valence-electron chi connectivity index (χ3n) is 3.03. The summed E-state index contributed by atoms with van der Waals surface area (Å²) in [4.78, 5) is 33.4. The monoisotopic (exact) mass is 314 g/mol. The molecule has 0 aromatic heterocycles. The van der Waals surface area contributed by atoms with Crippen LogP contribution >= 0.6 is 0 Å². The van der Waals surface area contributed by atoms with Crippen LogP contribution in [0.5, 0.6) is 0 Å². The number of hydrogen-bond acceptors (Lipinski definition) is 5. The Balaban J connectivity index is 2.80. The van der Waals surface area contributed by atoms with Crippen molar-refractivity contribution in [1.82, 2.24) is 0 Å². The Labute approximate surface area is 125 Å². The second-order valence-corrected chi connectivity index (χ2v) is 4.80. The summed E-state index contributed by atoms with van der Waals surface area (Å²) in [6.07, 6.45) is -1.33. The molecule has 2 unspecified atom stereocenters. The van der Waals surface area contributed by atoms with Gasteiger partial charge in [0.15, 0.2) is 5.78 Å². The molecular formula is C14H16F2N2O4. The summed E-state index contributed by atoms with van der Waals surface area (Å²) < 4.78 is 27.8. The number of rotatable bonds is 8. The quantitative estimate of drug-likeness (QED) is 0.586. The lowest BCUT2D eigenvalue weighted by Gasteiger charge is -2.23. The number of carbonyl (C=O) groups is 3. The fourth-order valence-electron chi connectivity index (χ4n) is 1.82. The zero-order chi connectivity index (χ0) is 16.9. The van der Waals surface area contributed by atoms with Crippen molar-refractivity contribution in [2.24, 2.45) is 11.5 Å². The summed E-state index contributed by atoms with van der Waals surface area (Å²) in [6.45, 7) is 0. The smallest absolute Gasteiger partial charge is 0.328 e. The van der Waals surface area contributed by atoms with E-state index in [1.165, 1.54) is 0 Å². The number of aliphatic carboxylic acids is 1. The van der Waals surface area contributed by atoms with E-state index in [0.717, 1.165) is 0 Å². The summed E-state index contributed by atoms with van der Waals surface area (Å²) in [5.74, 6) is -8.95. The molecule has 0 amide bonds. The highest BCUT2D eigenvalue weighted by atomic mass is 19.3. The van der Waals surface area contributed by atoms with Crippen molar-refractivity contribution >= 4 is 17.5 Å². The van der Waals surface area contributed by atoms with Gasteiger partial charge in [-0.3, -0.25) is 14.4 Å². The van der Waals surface area contributed by atoms with E-state index in [9.17, 15) is 23.2 Å². The van der Waals surface area contributed by atoms with Gasteiger partial charge in [0.2, 0.25) is 5.78 Å². The van der Waals surface area contributed by atoms with Gasteiger partial charge in [-0.05, 0) is 12.0 Å².